The Hall–Kier alpha value is -3.02. The first-order valence-electron chi connectivity index (χ1n) is 7.71. The summed E-state index contributed by atoms with van der Waals surface area (Å²) in [5, 5.41) is 3.44. The maximum Gasteiger partial charge on any atom is 0.253 e. The molecule has 25 heavy (non-hydrogen) atoms. The Kier molecular flexibility index (Phi) is 4.35. The number of hydrogen-bond donors (Lipinski definition) is 2. The maximum absolute atomic E-state index is 13.2. The van der Waals surface area contributed by atoms with Crippen LogP contribution in [0.4, 0.5) is 8.78 Å². The van der Waals surface area contributed by atoms with Crippen molar-refractivity contribution in [1.29, 1.82) is 0 Å². The predicted octanol–water partition coefficient (Wildman–Crippen LogP) is 3.35. The zero-order valence-electron chi connectivity index (χ0n) is 13.7. The van der Waals surface area contributed by atoms with E-state index in [0.29, 0.717) is 5.56 Å². The van der Waals surface area contributed by atoms with Crippen LogP contribution in [0.5, 0.6) is 0 Å². The number of amides is 1. The van der Waals surface area contributed by atoms with E-state index >= 15 is 0 Å². The molecular formula is C19H16F2N2O2. The molecule has 0 unspecified atom stereocenters. The maximum atomic E-state index is 13.2. The minimum Gasteiger partial charge on any atom is -0.348 e. The lowest BCUT2D eigenvalue weighted by Crippen LogP contribution is -2.27. The molecular weight excluding hydrogens is 326 g/mol. The second kappa shape index (κ2) is 6.47. The lowest BCUT2D eigenvalue weighted by Gasteiger charge is -2.09. The molecule has 0 fully saturated rings. The number of carbonyl (C=O) groups is 1. The van der Waals surface area contributed by atoms with Crippen LogP contribution in [0.2, 0.25) is 0 Å². The molecule has 0 aliphatic rings. The van der Waals surface area contributed by atoms with E-state index in [4.69, 9.17) is 0 Å². The van der Waals surface area contributed by atoms with Crippen LogP contribution in [-0.2, 0) is 6.54 Å². The molecule has 0 saturated carbocycles. The number of rotatable bonds is 3. The number of nitrogens with one attached hydrogen (secondary N) is 2. The molecule has 0 saturated heterocycles. The molecule has 128 valence electrons. The van der Waals surface area contributed by atoms with E-state index in [-0.39, 0.29) is 17.7 Å². The second-order valence-electron chi connectivity index (χ2n) is 5.98. The zero-order chi connectivity index (χ0) is 18.1. The number of pyridine rings is 1. The minimum atomic E-state index is -1.10. The van der Waals surface area contributed by atoms with Gasteiger partial charge in [-0.2, -0.15) is 0 Å². The number of halogens is 2. The number of aryl methyl sites for hydroxylation is 2. The summed E-state index contributed by atoms with van der Waals surface area (Å²) in [6, 6.07) is 8.51. The lowest BCUT2D eigenvalue weighted by atomic mass is 10.0. The Bertz CT molecular complexity index is 1040. The van der Waals surface area contributed by atoms with Crippen molar-refractivity contribution >= 4 is 16.8 Å². The van der Waals surface area contributed by atoms with E-state index in [1.165, 1.54) is 6.07 Å². The van der Waals surface area contributed by atoms with Crippen LogP contribution in [0.15, 0.2) is 41.2 Å². The molecule has 1 amide bonds. The first-order valence-corrected chi connectivity index (χ1v) is 7.71. The highest BCUT2D eigenvalue weighted by Gasteiger charge is 2.11. The van der Waals surface area contributed by atoms with Crippen LogP contribution in [0.3, 0.4) is 0 Å². The van der Waals surface area contributed by atoms with Gasteiger partial charge in [-0.1, -0.05) is 6.07 Å². The van der Waals surface area contributed by atoms with Crippen molar-refractivity contribution in [3.05, 3.63) is 80.6 Å². The molecule has 0 aliphatic heterocycles. The number of hydrogen-bond acceptors (Lipinski definition) is 2. The standard InChI is InChI=1S/C19H16F2N2O2/c1-10-5-11(2)14-7-13(19(25)23-17(14)6-10)9-22-18(24)12-3-4-15(20)16(21)8-12/h3-8H,9H2,1-2H3,(H,22,24)(H,23,25). The van der Waals surface area contributed by atoms with Gasteiger partial charge in [0.25, 0.3) is 11.5 Å². The summed E-state index contributed by atoms with van der Waals surface area (Å²) in [6.07, 6.45) is 0. The third kappa shape index (κ3) is 3.42. The summed E-state index contributed by atoms with van der Waals surface area (Å²) in [4.78, 5) is 27.0. The molecule has 3 rings (SSSR count). The minimum absolute atomic E-state index is 0.0112. The predicted molar refractivity (Wildman–Crippen MR) is 91.6 cm³/mol. The van der Waals surface area contributed by atoms with E-state index in [9.17, 15) is 18.4 Å². The molecule has 1 heterocycles. The fourth-order valence-electron chi connectivity index (χ4n) is 2.76. The third-order valence-corrected chi connectivity index (χ3v) is 4.01. The summed E-state index contributed by atoms with van der Waals surface area (Å²) >= 11 is 0. The molecule has 0 atom stereocenters. The summed E-state index contributed by atoms with van der Waals surface area (Å²) in [7, 11) is 0. The van der Waals surface area contributed by atoms with Gasteiger partial charge in [0.05, 0.1) is 0 Å². The van der Waals surface area contributed by atoms with Crippen molar-refractivity contribution in [2.75, 3.05) is 0 Å². The van der Waals surface area contributed by atoms with Gasteiger partial charge in [0.1, 0.15) is 0 Å². The average molecular weight is 342 g/mol. The van der Waals surface area contributed by atoms with Gasteiger partial charge >= 0.3 is 0 Å². The summed E-state index contributed by atoms with van der Waals surface area (Å²) in [5.41, 5.74) is 2.86. The van der Waals surface area contributed by atoms with Crippen LogP contribution in [-0.4, -0.2) is 10.9 Å². The fraction of sp³-hybridized carbons (Fsp3) is 0.158. The molecule has 0 radical (unpaired) electrons. The van der Waals surface area contributed by atoms with Crippen molar-refractivity contribution < 1.29 is 13.6 Å². The molecule has 2 aromatic carbocycles. The van der Waals surface area contributed by atoms with Crippen molar-refractivity contribution in [3.63, 3.8) is 0 Å². The molecule has 0 bridgehead atoms. The van der Waals surface area contributed by atoms with Crippen LogP contribution in [0, 0.1) is 25.5 Å². The van der Waals surface area contributed by atoms with Gasteiger partial charge in [-0.05, 0) is 55.3 Å². The molecule has 2 N–H and O–H groups in total. The Morgan fingerprint density at radius 2 is 1.84 bits per heavy atom. The Balaban J connectivity index is 1.85. The van der Waals surface area contributed by atoms with E-state index in [1.54, 1.807) is 6.07 Å². The number of aromatic nitrogens is 1. The molecule has 3 aromatic rings. The topological polar surface area (TPSA) is 62.0 Å². The number of carbonyl (C=O) groups excluding carboxylic acids is 1. The van der Waals surface area contributed by atoms with Gasteiger partial charge in [-0.15, -0.1) is 0 Å². The Morgan fingerprint density at radius 3 is 2.56 bits per heavy atom. The Morgan fingerprint density at radius 1 is 1.08 bits per heavy atom. The van der Waals surface area contributed by atoms with Crippen LogP contribution in [0.1, 0.15) is 27.0 Å². The molecule has 0 aliphatic carbocycles. The van der Waals surface area contributed by atoms with Gasteiger partial charge < -0.3 is 10.3 Å². The summed E-state index contributed by atoms with van der Waals surface area (Å²) in [6.45, 7) is 3.87. The van der Waals surface area contributed by atoms with Gasteiger partial charge in [-0.3, -0.25) is 9.59 Å². The van der Waals surface area contributed by atoms with Crippen LogP contribution >= 0.6 is 0 Å². The number of benzene rings is 2. The van der Waals surface area contributed by atoms with E-state index in [2.05, 4.69) is 10.3 Å². The zero-order valence-corrected chi connectivity index (χ0v) is 13.7. The van der Waals surface area contributed by atoms with Gasteiger partial charge in [-0.25, -0.2) is 8.78 Å². The average Bonchev–Trinajstić information content (AvgIpc) is 2.55. The van der Waals surface area contributed by atoms with Crippen molar-refractivity contribution in [2.45, 2.75) is 20.4 Å². The number of aromatic amines is 1. The highest BCUT2D eigenvalue weighted by Crippen LogP contribution is 2.18. The van der Waals surface area contributed by atoms with Gasteiger partial charge in [0.15, 0.2) is 11.6 Å². The van der Waals surface area contributed by atoms with Crippen LogP contribution < -0.4 is 10.9 Å². The van der Waals surface area contributed by atoms with E-state index in [1.807, 2.05) is 26.0 Å². The molecule has 4 nitrogen and oxygen atoms in total. The monoisotopic (exact) mass is 342 g/mol. The van der Waals surface area contributed by atoms with Crippen molar-refractivity contribution in [1.82, 2.24) is 10.3 Å². The fourth-order valence-corrected chi connectivity index (χ4v) is 2.76. The quantitative estimate of drug-likeness (QED) is 0.767. The molecule has 0 spiro atoms. The smallest absolute Gasteiger partial charge is 0.253 e. The SMILES string of the molecule is Cc1cc(C)c2cc(CNC(=O)c3ccc(F)c(F)c3)c(=O)[nH]c2c1. The highest BCUT2D eigenvalue weighted by atomic mass is 19.2. The summed E-state index contributed by atoms with van der Waals surface area (Å²) < 4.78 is 26.1. The second-order valence-corrected chi connectivity index (χ2v) is 5.98. The Labute approximate surface area is 142 Å². The first-order chi connectivity index (χ1) is 11.8. The van der Waals surface area contributed by atoms with Gasteiger partial charge in [0, 0.05) is 28.6 Å². The number of H-pyrrole nitrogens is 1. The van der Waals surface area contributed by atoms with Crippen molar-refractivity contribution in [3.8, 4) is 0 Å². The third-order valence-electron chi connectivity index (χ3n) is 4.01. The lowest BCUT2D eigenvalue weighted by molar-refractivity contribution is 0.0950. The first kappa shape index (κ1) is 16.8. The normalized spacial score (nSPS) is 10.9. The number of fused-ring (bicyclic) bond motifs is 1. The van der Waals surface area contributed by atoms with Crippen LogP contribution in [0.25, 0.3) is 10.9 Å². The van der Waals surface area contributed by atoms with Gasteiger partial charge in [0.2, 0.25) is 0 Å². The van der Waals surface area contributed by atoms with E-state index in [0.717, 1.165) is 34.2 Å². The summed E-state index contributed by atoms with van der Waals surface area (Å²) in [5.74, 6) is -2.70. The van der Waals surface area contributed by atoms with E-state index < -0.39 is 17.5 Å². The van der Waals surface area contributed by atoms with Crippen molar-refractivity contribution in [2.24, 2.45) is 0 Å². The largest absolute Gasteiger partial charge is 0.348 e. The molecule has 6 heteroatoms. The highest BCUT2D eigenvalue weighted by molar-refractivity contribution is 5.94. The molecule has 1 aromatic heterocycles.